The van der Waals surface area contributed by atoms with Crippen molar-refractivity contribution in [3.05, 3.63) is 83.7 Å². The highest BCUT2D eigenvalue weighted by Crippen LogP contribution is 2.26. The smallest absolute Gasteiger partial charge is 0.316 e. The fourth-order valence-corrected chi connectivity index (χ4v) is 2.64. The lowest BCUT2D eigenvalue weighted by atomic mass is 9.97. The fraction of sp³-hybridized carbons (Fsp3) is 0.143. The predicted molar refractivity (Wildman–Crippen MR) is 97.8 cm³/mol. The Bertz CT molecular complexity index is 857. The van der Waals surface area contributed by atoms with Gasteiger partial charge >= 0.3 is 6.01 Å². The lowest BCUT2D eigenvalue weighted by molar-refractivity contribution is 0.279. The van der Waals surface area contributed by atoms with E-state index < -0.39 is 0 Å². The number of hydrogen-bond acceptors (Lipinski definition) is 3. The van der Waals surface area contributed by atoms with Crippen molar-refractivity contribution in [1.82, 2.24) is 9.97 Å². The van der Waals surface area contributed by atoms with Gasteiger partial charge in [-0.05, 0) is 36.1 Å². The topological polar surface area (TPSA) is 35.0 Å². The van der Waals surface area contributed by atoms with Crippen LogP contribution >= 0.6 is 0 Å². The summed E-state index contributed by atoms with van der Waals surface area (Å²) in [5.74, 6) is 0. The molecule has 0 radical (unpaired) electrons. The molecule has 0 bridgehead atoms. The second-order valence-corrected chi connectivity index (χ2v) is 5.64. The van der Waals surface area contributed by atoms with Crippen LogP contribution in [0.3, 0.4) is 0 Å². The Morgan fingerprint density at radius 1 is 1.04 bits per heavy atom. The number of aromatic nitrogens is 2. The number of nitrogens with zero attached hydrogens (tertiary/aromatic N) is 2. The molecule has 0 amide bonds. The van der Waals surface area contributed by atoms with E-state index in [2.05, 4.69) is 65.9 Å². The van der Waals surface area contributed by atoms with Gasteiger partial charge in [-0.25, -0.2) is 4.98 Å². The van der Waals surface area contributed by atoms with Gasteiger partial charge in [0.15, 0.2) is 0 Å². The molecule has 0 saturated carbocycles. The van der Waals surface area contributed by atoms with Gasteiger partial charge in [0.05, 0.1) is 5.69 Å². The van der Waals surface area contributed by atoms with E-state index in [1.807, 2.05) is 13.0 Å². The van der Waals surface area contributed by atoms with Crippen LogP contribution in [0.4, 0.5) is 0 Å². The minimum absolute atomic E-state index is 0.391. The first-order valence-electron chi connectivity index (χ1n) is 7.92. The van der Waals surface area contributed by atoms with Crippen molar-refractivity contribution in [3.8, 4) is 17.1 Å². The van der Waals surface area contributed by atoms with Crippen molar-refractivity contribution in [2.24, 2.45) is 0 Å². The van der Waals surface area contributed by atoms with E-state index in [9.17, 15) is 0 Å². The van der Waals surface area contributed by atoms with Crippen LogP contribution in [0, 0.1) is 13.8 Å². The molecule has 0 spiro atoms. The van der Waals surface area contributed by atoms with Crippen molar-refractivity contribution in [2.75, 3.05) is 0 Å². The molecule has 0 N–H and O–H groups in total. The normalized spacial score (nSPS) is 10.4. The van der Waals surface area contributed by atoms with Gasteiger partial charge in [-0.15, -0.1) is 0 Å². The molecule has 0 aliphatic heterocycles. The average molecular weight is 316 g/mol. The zero-order valence-electron chi connectivity index (χ0n) is 14.0. The number of benzene rings is 2. The van der Waals surface area contributed by atoms with E-state index in [4.69, 9.17) is 4.74 Å². The Balaban J connectivity index is 1.81. The summed E-state index contributed by atoms with van der Waals surface area (Å²) in [7, 11) is 0. The third-order valence-corrected chi connectivity index (χ3v) is 4.10. The van der Waals surface area contributed by atoms with Gasteiger partial charge in [0.1, 0.15) is 6.61 Å². The van der Waals surface area contributed by atoms with Crippen LogP contribution in [0.2, 0.25) is 0 Å². The van der Waals surface area contributed by atoms with E-state index in [0.29, 0.717) is 12.6 Å². The second-order valence-electron chi connectivity index (χ2n) is 5.64. The van der Waals surface area contributed by atoms with E-state index in [-0.39, 0.29) is 0 Å². The van der Waals surface area contributed by atoms with Crippen molar-refractivity contribution < 1.29 is 4.74 Å². The van der Waals surface area contributed by atoms with Gasteiger partial charge in [-0.3, -0.25) is 0 Å². The summed E-state index contributed by atoms with van der Waals surface area (Å²) in [5, 5.41) is 0. The van der Waals surface area contributed by atoms with Gasteiger partial charge < -0.3 is 4.74 Å². The van der Waals surface area contributed by atoms with Gasteiger partial charge in [0.2, 0.25) is 0 Å². The van der Waals surface area contributed by atoms with Gasteiger partial charge in [-0.1, -0.05) is 61.2 Å². The standard InChI is InChI=1S/C21H20N2O/c1-4-17-13-22-21(23-16(17)3)24-14-19-11-8-12-20(15(19)2)18-9-6-5-7-10-18/h4-13H,1,14H2,2-3H3. The molecule has 0 unspecified atom stereocenters. The lowest BCUT2D eigenvalue weighted by Gasteiger charge is -2.12. The van der Waals surface area contributed by atoms with E-state index >= 15 is 0 Å². The van der Waals surface area contributed by atoms with Crippen molar-refractivity contribution in [2.45, 2.75) is 20.5 Å². The number of ether oxygens (including phenoxy) is 1. The zero-order chi connectivity index (χ0) is 16.9. The van der Waals surface area contributed by atoms with Gasteiger partial charge in [-0.2, -0.15) is 4.98 Å². The first-order valence-corrected chi connectivity index (χ1v) is 7.92. The molecule has 3 nitrogen and oxygen atoms in total. The lowest BCUT2D eigenvalue weighted by Crippen LogP contribution is -2.03. The molecular weight excluding hydrogens is 296 g/mol. The number of hydrogen-bond donors (Lipinski definition) is 0. The molecule has 3 rings (SSSR count). The number of aryl methyl sites for hydroxylation is 1. The maximum absolute atomic E-state index is 5.79. The molecule has 0 aliphatic carbocycles. The summed E-state index contributed by atoms with van der Waals surface area (Å²) in [4.78, 5) is 8.60. The summed E-state index contributed by atoms with van der Waals surface area (Å²) in [6.07, 6.45) is 3.48. The third-order valence-electron chi connectivity index (χ3n) is 4.10. The largest absolute Gasteiger partial charge is 0.459 e. The summed E-state index contributed by atoms with van der Waals surface area (Å²) >= 11 is 0. The maximum atomic E-state index is 5.79. The third kappa shape index (κ3) is 3.35. The minimum atomic E-state index is 0.391. The molecule has 120 valence electrons. The average Bonchev–Trinajstić information content (AvgIpc) is 2.62. The van der Waals surface area contributed by atoms with Gasteiger partial charge in [0.25, 0.3) is 0 Å². The number of rotatable bonds is 5. The summed E-state index contributed by atoms with van der Waals surface area (Å²) in [5.41, 5.74) is 6.55. The van der Waals surface area contributed by atoms with Crippen LogP contribution in [-0.4, -0.2) is 9.97 Å². The summed E-state index contributed by atoms with van der Waals surface area (Å²) < 4.78 is 5.79. The maximum Gasteiger partial charge on any atom is 0.316 e. The van der Waals surface area contributed by atoms with Crippen LogP contribution in [0.25, 0.3) is 17.2 Å². The van der Waals surface area contributed by atoms with Crippen LogP contribution in [0.15, 0.2) is 61.3 Å². The van der Waals surface area contributed by atoms with Crippen LogP contribution in [0.5, 0.6) is 6.01 Å². The quantitative estimate of drug-likeness (QED) is 0.665. The van der Waals surface area contributed by atoms with E-state index in [1.165, 1.54) is 16.7 Å². The molecule has 1 aromatic heterocycles. The molecule has 3 aromatic rings. The minimum Gasteiger partial charge on any atom is -0.459 e. The van der Waals surface area contributed by atoms with Crippen molar-refractivity contribution >= 4 is 6.08 Å². The first kappa shape index (κ1) is 15.9. The predicted octanol–water partition coefficient (Wildman–Crippen LogP) is 4.98. The fourth-order valence-electron chi connectivity index (χ4n) is 2.64. The van der Waals surface area contributed by atoms with E-state index in [1.54, 1.807) is 12.3 Å². The molecule has 1 heterocycles. The molecule has 0 fully saturated rings. The highest BCUT2D eigenvalue weighted by atomic mass is 16.5. The summed E-state index contributed by atoms with van der Waals surface area (Å²) in [6.45, 7) is 8.23. The second kappa shape index (κ2) is 7.09. The molecule has 0 aliphatic rings. The van der Waals surface area contributed by atoms with Crippen molar-refractivity contribution in [3.63, 3.8) is 0 Å². The zero-order valence-corrected chi connectivity index (χ0v) is 14.0. The summed E-state index contributed by atoms with van der Waals surface area (Å²) in [6, 6.07) is 17.0. The highest BCUT2D eigenvalue weighted by molar-refractivity contribution is 5.68. The molecule has 24 heavy (non-hydrogen) atoms. The van der Waals surface area contributed by atoms with Crippen molar-refractivity contribution in [1.29, 1.82) is 0 Å². The van der Waals surface area contributed by atoms with Crippen LogP contribution in [0.1, 0.15) is 22.4 Å². The first-order chi connectivity index (χ1) is 11.7. The molecule has 0 atom stereocenters. The molecule has 0 saturated heterocycles. The Morgan fingerprint density at radius 2 is 1.83 bits per heavy atom. The highest BCUT2D eigenvalue weighted by Gasteiger charge is 2.08. The van der Waals surface area contributed by atoms with Crippen LogP contribution < -0.4 is 4.74 Å². The Morgan fingerprint density at radius 3 is 2.54 bits per heavy atom. The Kier molecular flexibility index (Phi) is 4.71. The molecular formula is C21H20N2O. The van der Waals surface area contributed by atoms with E-state index in [0.717, 1.165) is 16.8 Å². The molecule has 3 heteroatoms. The Labute approximate surface area is 142 Å². The monoisotopic (exact) mass is 316 g/mol. The van der Waals surface area contributed by atoms with Gasteiger partial charge in [0, 0.05) is 11.8 Å². The molecule has 2 aromatic carbocycles. The Hall–Kier alpha value is -2.94. The van der Waals surface area contributed by atoms with Crippen LogP contribution in [-0.2, 0) is 6.61 Å². The SMILES string of the molecule is C=Cc1cnc(OCc2cccc(-c3ccccc3)c2C)nc1C.